The van der Waals surface area contributed by atoms with Crippen molar-refractivity contribution in [2.75, 3.05) is 5.73 Å². The number of thiophene rings is 1. The molecule has 0 amide bonds. The van der Waals surface area contributed by atoms with Crippen molar-refractivity contribution in [3.63, 3.8) is 0 Å². The number of rotatable bonds is 1. The Labute approximate surface area is 95.0 Å². The highest BCUT2D eigenvalue weighted by molar-refractivity contribution is 7.08. The fourth-order valence-corrected chi connectivity index (χ4v) is 2.29. The number of fused-ring (bicyclic) bond motifs is 1. The number of aromatic nitrogens is 2. The monoisotopic (exact) mass is 233 g/mol. The van der Waals surface area contributed by atoms with Gasteiger partial charge in [-0.25, -0.2) is 9.37 Å². The molecule has 0 aliphatic carbocycles. The first-order valence-electron chi connectivity index (χ1n) is 4.71. The van der Waals surface area contributed by atoms with Crippen LogP contribution in [0.1, 0.15) is 0 Å². The molecule has 0 bridgehead atoms. The first-order chi connectivity index (χ1) is 7.75. The highest BCUT2D eigenvalue weighted by atomic mass is 32.1. The van der Waals surface area contributed by atoms with E-state index < -0.39 is 0 Å². The van der Waals surface area contributed by atoms with Gasteiger partial charge in [-0.05, 0) is 23.6 Å². The molecule has 0 aromatic carbocycles. The van der Waals surface area contributed by atoms with Crippen LogP contribution >= 0.6 is 11.3 Å². The van der Waals surface area contributed by atoms with Crippen LogP contribution in [0.3, 0.4) is 0 Å². The second-order valence-corrected chi connectivity index (χ2v) is 4.21. The highest BCUT2D eigenvalue weighted by Gasteiger charge is 2.11. The molecule has 0 radical (unpaired) electrons. The van der Waals surface area contributed by atoms with E-state index in [4.69, 9.17) is 5.73 Å². The van der Waals surface area contributed by atoms with Crippen LogP contribution in [0.5, 0.6) is 0 Å². The molecule has 0 saturated carbocycles. The van der Waals surface area contributed by atoms with Crippen molar-refractivity contribution < 1.29 is 4.39 Å². The van der Waals surface area contributed by atoms with Gasteiger partial charge in [-0.3, -0.25) is 4.40 Å². The molecule has 0 saturated heterocycles. The summed E-state index contributed by atoms with van der Waals surface area (Å²) < 4.78 is 14.6. The average molecular weight is 233 g/mol. The van der Waals surface area contributed by atoms with Crippen molar-refractivity contribution in [3.05, 3.63) is 41.0 Å². The first kappa shape index (κ1) is 9.35. The Morgan fingerprint density at radius 2 is 2.19 bits per heavy atom. The molecule has 2 N–H and O–H groups in total. The lowest BCUT2D eigenvalue weighted by Gasteiger charge is -1.96. The van der Waals surface area contributed by atoms with Gasteiger partial charge in [-0.2, -0.15) is 11.3 Å². The van der Waals surface area contributed by atoms with Crippen LogP contribution in [-0.4, -0.2) is 9.38 Å². The molecule has 0 fully saturated rings. The van der Waals surface area contributed by atoms with Crippen molar-refractivity contribution >= 4 is 22.8 Å². The van der Waals surface area contributed by atoms with Crippen LogP contribution in [0.4, 0.5) is 10.2 Å². The average Bonchev–Trinajstić information content (AvgIpc) is 2.87. The van der Waals surface area contributed by atoms with Gasteiger partial charge in [0.1, 0.15) is 23.0 Å². The minimum Gasteiger partial charge on any atom is -0.383 e. The quantitative estimate of drug-likeness (QED) is 0.702. The maximum atomic E-state index is 13.1. The molecular formula is C11H8FN3S. The Morgan fingerprint density at radius 1 is 1.31 bits per heavy atom. The lowest BCUT2D eigenvalue weighted by Crippen LogP contribution is -1.94. The molecule has 3 heterocycles. The van der Waals surface area contributed by atoms with E-state index in [1.165, 1.54) is 12.3 Å². The van der Waals surface area contributed by atoms with Crippen LogP contribution in [0.15, 0.2) is 35.2 Å². The van der Waals surface area contributed by atoms with Crippen molar-refractivity contribution in [2.45, 2.75) is 0 Å². The summed E-state index contributed by atoms with van der Waals surface area (Å²) in [7, 11) is 0. The van der Waals surface area contributed by atoms with Crippen LogP contribution in [0, 0.1) is 5.82 Å². The molecule has 0 aliphatic rings. The third kappa shape index (κ3) is 1.29. The zero-order valence-corrected chi connectivity index (χ0v) is 9.04. The van der Waals surface area contributed by atoms with Gasteiger partial charge in [-0.1, -0.05) is 0 Å². The van der Waals surface area contributed by atoms with Crippen molar-refractivity contribution in [1.29, 1.82) is 0 Å². The third-order valence-electron chi connectivity index (χ3n) is 2.41. The van der Waals surface area contributed by atoms with Crippen LogP contribution in [0.2, 0.25) is 0 Å². The van der Waals surface area contributed by atoms with E-state index in [2.05, 4.69) is 4.98 Å². The van der Waals surface area contributed by atoms with E-state index in [1.54, 1.807) is 21.8 Å². The summed E-state index contributed by atoms with van der Waals surface area (Å²) >= 11 is 1.58. The molecule has 16 heavy (non-hydrogen) atoms. The number of nitrogens with zero attached hydrogens (tertiary/aromatic N) is 2. The minimum atomic E-state index is -0.325. The third-order valence-corrected chi connectivity index (χ3v) is 3.10. The zero-order valence-electron chi connectivity index (χ0n) is 8.22. The molecular weight excluding hydrogens is 225 g/mol. The van der Waals surface area contributed by atoms with Crippen LogP contribution in [-0.2, 0) is 0 Å². The van der Waals surface area contributed by atoms with Gasteiger partial charge in [0.25, 0.3) is 0 Å². The molecule has 0 spiro atoms. The van der Waals surface area contributed by atoms with Gasteiger partial charge in [-0.15, -0.1) is 0 Å². The number of anilines is 1. The van der Waals surface area contributed by atoms with Gasteiger partial charge >= 0.3 is 0 Å². The number of hydrogen-bond donors (Lipinski definition) is 1. The largest absolute Gasteiger partial charge is 0.383 e. The molecule has 0 aliphatic heterocycles. The number of nitrogens with two attached hydrogens (primary N) is 1. The van der Waals surface area contributed by atoms with Gasteiger partial charge in [0.2, 0.25) is 0 Å². The predicted molar refractivity (Wildman–Crippen MR) is 62.9 cm³/mol. The summed E-state index contributed by atoms with van der Waals surface area (Å²) in [6.07, 6.45) is 1.34. The normalized spacial score (nSPS) is 11.1. The number of pyridine rings is 1. The summed E-state index contributed by atoms with van der Waals surface area (Å²) in [5, 5.41) is 3.92. The van der Waals surface area contributed by atoms with E-state index in [-0.39, 0.29) is 5.82 Å². The van der Waals surface area contributed by atoms with E-state index >= 15 is 0 Å². The van der Waals surface area contributed by atoms with Gasteiger partial charge in [0, 0.05) is 17.1 Å². The molecule has 80 valence electrons. The van der Waals surface area contributed by atoms with E-state index in [0.29, 0.717) is 17.2 Å². The first-order valence-corrected chi connectivity index (χ1v) is 5.65. The van der Waals surface area contributed by atoms with Gasteiger partial charge in [0.15, 0.2) is 0 Å². The summed E-state index contributed by atoms with van der Waals surface area (Å²) in [5.41, 5.74) is 8.26. The Bertz CT molecular complexity index is 643. The van der Waals surface area contributed by atoms with E-state index in [1.807, 2.05) is 16.8 Å². The molecule has 3 aromatic heterocycles. The summed E-state index contributed by atoms with van der Waals surface area (Å²) in [4.78, 5) is 4.37. The van der Waals surface area contributed by atoms with Crippen molar-refractivity contribution in [1.82, 2.24) is 9.38 Å². The topological polar surface area (TPSA) is 43.3 Å². The maximum Gasteiger partial charge on any atom is 0.140 e. The molecule has 5 heteroatoms. The highest BCUT2D eigenvalue weighted by Crippen LogP contribution is 2.27. The second-order valence-electron chi connectivity index (χ2n) is 3.43. The maximum absolute atomic E-state index is 13.1. The van der Waals surface area contributed by atoms with Crippen LogP contribution in [0.25, 0.3) is 16.9 Å². The van der Waals surface area contributed by atoms with E-state index in [9.17, 15) is 4.39 Å². The Kier molecular flexibility index (Phi) is 1.94. The summed E-state index contributed by atoms with van der Waals surface area (Å²) in [5.74, 6) is 0.140. The van der Waals surface area contributed by atoms with Crippen molar-refractivity contribution in [3.8, 4) is 11.3 Å². The standard InChI is InChI=1S/C11H8FN3S/c12-8-1-2-9-14-10(7-3-4-16-6-7)11(13)15(9)5-8/h1-6H,13H2. The summed E-state index contributed by atoms with van der Waals surface area (Å²) in [6, 6.07) is 4.93. The Balaban J connectivity index is 2.32. The lowest BCUT2D eigenvalue weighted by molar-refractivity contribution is 0.619. The number of halogens is 1. The fraction of sp³-hybridized carbons (Fsp3) is 0. The molecule has 0 atom stereocenters. The summed E-state index contributed by atoms with van der Waals surface area (Å²) in [6.45, 7) is 0. The second kappa shape index (κ2) is 3.31. The molecule has 3 nitrogen and oxygen atoms in total. The zero-order chi connectivity index (χ0) is 11.1. The number of imidazole rings is 1. The molecule has 0 unspecified atom stereocenters. The number of nitrogen functional groups attached to an aromatic ring is 1. The predicted octanol–water partition coefficient (Wildman–Crippen LogP) is 2.78. The smallest absolute Gasteiger partial charge is 0.140 e. The van der Waals surface area contributed by atoms with Gasteiger partial charge < -0.3 is 5.73 Å². The lowest BCUT2D eigenvalue weighted by atomic mass is 10.2. The van der Waals surface area contributed by atoms with Crippen molar-refractivity contribution in [2.24, 2.45) is 0 Å². The SMILES string of the molecule is Nc1c(-c2ccsc2)nc2ccc(F)cn12. The fourth-order valence-electron chi connectivity index (χ4n) is 1.65. The van der Waals surface area contributed by atoms with E-state index in [0.717, 1.165) is 5.56 Å². The molecule has 3 rings (SSSR count). The molecule has 3 aromatic rings. The Morgan fingerprint density at radius 3 is 2.94 bits per heavy atom. The number of hydrogen-bond acceptors (Lipinski definition) is 3. The van der Waals surface area contributed by atoms with Crippen LogP contribution < -0.4 is 5.73 Å². The minimum absolute atomic E-state index is 0.325. The van der Waals surface area contributed by atoms with Gasteiger partial charge in [0.05, 0.1) is 0 Å². The Hall–Kier alpha value is -1.88.